The number of aromatic carboxylic acids is 1. The Labute approximate surface area is 134 Å². The van der Waals surface area contributed by atoms with Crippen LogP contribution in [0.4, 0.5) is 5.69 Å². The summed E-state index contributed by atoms with van der Waals surface area (Å²) in [6.45, 7) is 3.37. The zero-order valence-corrected chi connectivity index (χ0v) is 14.4. The zero-order chi connectivity index (χ0) is 15.8. The minimum absolute atomic E-state index is 0.000373. The van der Waals surface area contributed by atoms with Crippen LogP contribution in [0.3, 0.4) is 0 Å². The molecular formula is C13H12BrNO4S2. The van der Waals surface area contributed by atoms with Gasteiger partial charge in [-0.1, -0.05) is 15.9 Å². The van der Waals surface area contributed by atoms with Crippen LogP contribution in [0.5, 0.6) is 0 Å². The number of sulfonamides is 1. The van der Waals surface area contributed by atoms with E-state index in [0.29, 0.717) is 10.6 Å². The minimum Gasteiger partial charge on any atom is -0.477 e. The molecule has 0 spiro atoms. The highest BCUT2D eigenvalue weighted by atomic mass is 79.9. The van der Waals surface area contributed by atoms with Crippen molar-refractivity contribution in [1.82, 2.24) is 0 Å². The second kappa shape index (κ2) is 5.78. The lowest BCUT2D eigenvalue weighted by atomic mass is 10.2. The van der Waals surface area contributed by atoms with Crippen molar-refractivity contribution in [2.75, 3.05) is 4.72 Å². The standard InChI is InChI=1S/C13H12BrNO4S2/c1-7-5-9(14)3-4-10(7)15-21(18,19)12-6-11(13(16)17)20-8(12)2/h3-6,15H,1-2H3,(H,16,17). The van der Waals surface area contributed by atoms with Crippen molar-refractivity contribution in [3.8, 4) is 0 Å². The number of hydrogen-bond acceptors (Lipinski definition) is 4. The number of halogens is 1. The Morgan fingerprint density at radius 3 is 2.48 bits per heavy atom. The lowest BCUT2D eigenvalue weighted by molar-refractivity contribution is 0.0702. The number of thiophene rings is 1. The maximum Gasteiger partial charge on any atom is 0.345 e. The van der Waals surface area contributed by atoms with Crippen LogP contribution in [0, 0.1) is 13.8 Å². The highest BCUT2D eigenvalue weighted by Gasteiger charge is 2.22. The van der Waals surface area contributed by atoms with E-state index in [1.54, 1.807) is 32.0 Å². The fourth-order valence-electron chi connectivity index (χ4n) is 1.78. The highest BCUT2D eigenvalue weighted by Crippen LogP contribution is 2.29. The van der Waals surface area contributed by atoms with Crippen molar-refractivity contribution in [1.29, 1.82) is 0 Å². The van der Waals surface area contributed by atoms with Gasteiger partial charge in [0.05, 0.1) is 5.69 Å². The predicted octanol–water partition coefficient (Wildman–Crippen LogP) is 3.63. The molecule has 21 heavy (non-hydrogen) atoms. The van der Waals surface area contributed by atoms with Gasteiger partial charge in [0.15, 0.2) is 0 Å². The van der Waals surface area contributed by atoms with E-state index in [4.69, 9.17) is 5.11 Å². The van der Waals surface area contributed by atoms with Crippen LogP contribution in [0.15, 0.2) is 33.6 Å². The molecule has 2 N–H and O–H groups in total. The van der Waals surface area contributed by atoms with E-state index < -0.39 is 16.0 Å². The number of nitrogens with one attached hydrogen (secondary N) is 1. The topological polar surface area (TPSA) is 83.5 Å². The van der Waals surface area contributed by atoms with Gasteiger partial charge in [-0.3, -0.25) is 4.72 Å². The number of rotatable bonds is 4. The fraction of sp³-hybridized carbons (Fsp3) is 0.154. The van der Waals surface area contributed by atoms with Crippen molar-refractivity contribution in [2.24, 2.45) is 0 Å². The summed E-state index contributed by atoms with van der Waals surface area (Å²) in [4.78, 5) is 11.4. The van der Waals surface area contributed by atoms with E-state index in [1.807, 2.05) is 0 Å². The molecule has 0 aliphatic rings. The maximum atomic E-state index is 12.4. The number of benzene rings is 1. The molecule has 0 radical (unpaired) electrons. The average Bonchev–Trinajstić information content (AvgIpc) is 2.76. The first-order valence-electron chi connectivity index (χ1n) is 5.83. The molecule has 0 saturated heterocycles. The number of carboxylic acids is 1. The summed E-state index contributed by atoms with van der Waals surface area (Å²) >= 11 is 4.25. The maximum absolute atomic E-state index is 12.4. The van der Waals surface area contributed by atoms with Gasteiger partial charge in [0.25, 0.3) is 10.0 Å². The van der Waals surface area contributed by atoms with E-state index >= 15 is 0 Å². The molecule has 0 atom stereocenters. The molecule has 1 heterocycles. The minimum atomic E-state index is -3.81. The van der Waals surface area contributed by atoms with Gasteiger partial charge >= 0.3 is 5.97 Å². The lowest BCUT2D eigenvalue weighted by Gasteiger charge is -2.10. The Bertz CT molecular complexity index is 812. The third-order valence-electron chi connectivity index (χ3n) is 2.81. The van der Waals surface area contributed by atoms with Crippen molar-refractivity contribution in [3.05, 3.63) is 44.1 Å². The monoisotopic (exact) mass is 389 g/mol. The second-order valence-corrected chi connectivity index (χ2v) is 8.22. The van der Waals surface area contributed by atoms with Crippen LogP contribution in [-0.2, 0) is 10.0 Å². The van der Waals surface area contributed by atoms with Gasteiger partial charge < -0.3 is 5.11 Å². The summed E-state index contributed by atoms with van der Waals surface area (Å²) in [5.74, 6) is -1.13. The number of aryl methyl sites for hydroxylation is 2. The first-order chi connectivity index (χ1) is 9.70. The Morgan fingerprint density at radius 1 is 1.29 bits per heavy atom. The van der Waals surface area contributed by atoms with E-state index in [-0.39, 0.29) is 9.77 Å². The van der Waals surface area contributed by atoms with Crippen LogP contribution in [-0.4, -0.2) is 19.5 Å². The van der Waals surface area contributed by atoms with Gasteiger partial charge in [-0.25, -0.2) is 13.2 Å². The molecule has 0 amide bonds. The molecule has 0 aliphatic carbocycles. The Balaban J connectivity index is 2.41. The lowest BCUT2D eigenvalue weighted by Crippen LogP contribution is -2.14. The summed E-state index contributed by atoms with van der Waals surface area (Å²) in [5, 5.41) is 8.94. The van der Waals surface area contributed by atoms with Gasteiger partial charge in [-0.15, -0.1) is 11.3 Å². The van der Waals surface area contributed by atoms with Crippen LogP contribution in [0.25, 0.3) is 0 Å². The van der Waals surface area contributed by atoms with Gasteiger partial charge in [0.2, 0.25) is 0 Å². The molecule has 0 saturated carbocycles. The van der Waals surface area contributed by atoms with Gasteiger partial charge in [0, 0.05) is 9.35 Å². The third-order valence-corrected chi connectivity index (χ3v) is 5.96. The average molecular weight is 390 g/mol. The molecule has 0 bridgehead atoms. The van der Waals surface area contributed by atoms with Gasteiger partial charge in [-0.05, 0) is 43.7 Å². The van der Waals surface area contributed by atoms with Crippen LogP contribution in [0.1, 0.15) is 20.1 Å². The first-order valence-corrected chi connectivity index (χ1v) is 8.92. The summed E-state index contributed by atoms with van der Waals surface area (Å²) in [6.07, 6.45) is 0. The number of hydrogen-bond donors (Lipinski definition) is 2. The molecule has 2 aromatic rings. The van der Waals surface area contributed by atoms with E-state index in [9.17, 15) is 13.2 Å². The van der Waals surface area contributed by atoms with E-state index in [1.165, 1.54) is 6.07 Å². The number of carboxylic acid groups (broad SMARTS) is 1. The van der Waals surface area contributed by atoms with E-state index in [2.05, 4.69) is 20.7 Å². The molecule has 5 nitrogen and oxygen atoms in total. The normalized spacial score (nSPS) is 11.4. The van der Waals surface area contributed by atoms with Gasteiger partial charge in [-0.2, -0.15) is 0 Å². The third kappa shape index (κ3) is 3.45. The zero-order valence-electron chi connectivity index (χ0n) is 11.2. The summed E-state index contributed by atoms with van der Waals surface area (Å²) in [5.41, 5.74) is 1.22. The van der Waals surface area contributed by atoms with Crippen LogP contribution >= 0.6 is 27.3 Å². The van der Waals surface area contributed by atoms with Crippen molar-refractivity contribution < 1.29 is 18.3 Å². The Hall–Kier alpha value is -1.38. The molecular weight excluding hydrogens is 378 g/mol. The fourth-order valence-corrected chi connectivity index (χ4v) is 4.82. The smallest absolute Gasteiger partial charge is 0.345 e. The molecule has 0 unspecified atom stereocenters. The number of anilines is 1. The predicted molar refractivity (Wildman–Crippen MR) is 85.7 cm³/mol. The quantitative estimate of drug-likeness (QED) is 0.835. The Morgan fingerprint density at radius 2 is 1.95 bits per heavy atom. The van der Waals surface area contributed by atoms with Gasteiger partial charge in [0.1, 0.15) is 9.77 Å². The van der Waals surface area contributed by atoms with Crippen LogP contribution < -0.4 is 4.72 Å². The van der Waals surface area contributed by atoms with Crippen LogP contribution in [0.2, 0.25) is 0 Å². The number of carbonyl (C=O) groups is 1. The molecule has 1 aromatic carbocycles. The molecule has 0 aliphatic heterocycles. The van der Waals surface area contributed by atoms with E-state index in [0.717, 1.165) is 21.4 Å². The summed E-state index contributed by atoms with van der Waals surface area (Å²) in [7, 11) is -3.81. The summed E-state index contributed by atoms with van der Waals surface area (Å²) in [6, 6.07) is 6.35. The largest absolute Gasteiger partial charge is 0.477 e. The summed E-state index contributed by atoms with van der Waals surface area (Å²) < 4.78 is 28.1. The molecule has 112 valence electrons. The molecule has 2 rings (SSSR count). The Kier molecular flexibility index (Phi) is 4.40. The molecule has 1 aromatic heterocycles. The molecule has 8 heteroatoms. The van der Waals surface area contributed by atoms with Crippen molar-refractivity contribution in [3.63, 3.8) is 0 Å². The van der Waals surface area contributed by atoms with Crippen molar-refractivity contribution >= 4 is 48.9 Å². The molecule has 0 fully saturated rings. The first kappa shape index (κ1) is 16.0. The highest BCUT2D eigenvalue weighted by molar-refractivity contribution is 9.10. The second-order valence-electron chi connectivity index (χ2n) is 4.40. The SMILES string of the molecule is Cc1cc(Br)ccc1NS(=O)(=O)c1cc(C(=O)O)sc1C. The van der Waals surface area contributed by atoms with Crippen molar-refractivity contribution in [2.45, 2.75) is 18.7 Å².